The monoisotopic (exact) mass is 416 g/mol. The predicted molar refractivity (Wildman–Crippen MR) is 113 cm³/mol. The number of rotatable bonds is 8. The van der Waals surface area contributed by atoms with Crippen molar-refractivity contribution in [3.8, 4) is 28.7 Å². The molecule has 1 heterocycles. The molecule has 0 aliphatic carbocycles. The normalized spacial score (nSPS) is 19.6. The summed E-state index contributed by atoms with van der Waals surface area (Å²) >= 11 is 0. The Kier molecular flexibility index (Phi) is 7.07. The van der Waals surface area contributed by atoms with Crippen molar-refractivity contribution in [2.45, 2.75) is 6.10 Å². The molecule has 2 aromatic carbocycles. The van der Waals surface area contributed by atoms with Crippen LogP contribution in [0.2, 0.25) is 0 Å². The van der Waals surface area contributed by atoms with Crippen LogP contribution in [0.4, 0.5) is 0 Å². The van der Waals surface area contributed by atoms with E-state index in [1.54, 1.807) is 35.5 Å². The molecule has 1 aliphatic rings. The average molecular weight is 416 g/mol. The van der Waals surface area contributed by atoms with Crippen LogP contribution >= 0.6 is 0 Å². The van der Waals surface area contributed by atoms with E-state index < -0.39 is 0 Å². The number of hydrogen-bond acceptors (Lipinski definition) is 7. The van der Waals surface area contributed by atoms with E-state index in [9.17, 15) is 5.11 Å². The lowest BCUT2D eigenvalue weighted by Crippen LogP contribution is -2.13. The molecule has 0 spiro atoms. The molecule has 162 valence electrons. The highest BCUT2D eigenvalue weighted by Crippen LogP contribution is 2.45. The molecule has 0 saturated carbocycles. The molecule has 0 unspecified atom stereocenters. The van der Waals surface area contributed by atoms with Gasteiger partial charge in [0.1, 0.15) is 0 Å². The van der Waals surface area contributed by atoms with Crippen LogP contribution in [0, 0.1) is 5.92 Å². The lowest BCUT2D eigenvalue weighted by atomic mass is 9.91. The van der Waals surface area contributed by atoms with Gasteiger partial charge in [0.2, 0.25) is 5.75 Å². The van der Waals surface area contributed by atoms with Crippen LogP contribution in [0.3, 0.4) is 0 Å². The topological polar surface area (TPSA) is 75.6 Å². The Morgan fingerprint density at radius 3 is 2.03 bits per heavy atom. The zero-order valence-corrected chi connectivity index (χ0v) is 17.9. The second-order valence-electron chi connectivity index (χ2n) is 6.81. The molecule has 7 nitrogen and oxygen atoms in total. The van der Waals surface area contributed by atoms with Crippen LogP contribution in [0.5, 0.6) is 28.7 Å². The van der Waals surface area contributed by atoms with Gasteiger partial charge in [-0.15, -0.1) is 0 Å². The lowest BCUT2D eigenvalue weighted by molar-refractivity contribution is 0.0717. The first-order chi connectivity index (χ1) is 14.6. The van der Waals surface area contributed by atoms with Crippen LogP contribution in [-0.2, 0) is 4.74 Å². The number of methoxy groups -OCH3 is 5. The van der Waals surface area contributed by atoms with Crippen molar-refractivity contribution in [2.75, 3.05) is 48.8 Å². The number of aliphatic hydroxyl groups excluding tert-OH is 1. The Bertz CT molecular complexity index is 881. The van der Waals surface area contributed by atoms with Gasteiger partial charge < -0.3 is 33.5 Å². The molecule has 1 aliphatic heterocycles. The molecule has 30 heavy (non-hydrogen) atoms. The van der Waals surface area contributed by atoms with Crippen molar-refractivity contribution < 1.29 is 33.5 Å². The van der Waals surface area contributed by atoms with Crippen molar-refractivity contribution >= 4 is 6.08 Å². The highest BCUT2D eigenvalue weighted by atomic mass is 16.5. The van der Waals surface area contributed by atoms with Crippen LogP contribution < -0.4 is 23.7 Å². The molecule has 1 fully saturated rings. The minimum atomic E-state index is -0.338. The lowest BCUT2D eigenvalue weighted by Gasteiger charge is -2.20. The van der Waals surface area contributed by atoms with Crippen molar-refractivity contribution in [1.82, 2.24) is 0 Å². The van der Waals surface area contributed by atoms with Crippen LogP contribution in [0.1, 0.15) is 17.2 Å². The van der Waals surface area contributed by atoms with Gasteiger partial charge in [0.05, 0.1) is 54.9 Å². The van der Waals surface area contributed by atoms with E-state index in [1.807, 2.05) is 36.4 Å². The minimum absolute atomic E-state index is 0.0551. The maximum atomic E-state index is 10.1. The Hall–Kier alpha value is -2.90. The van der Waals surface area contributed by atoms with Gasteiger partial charge in [-0.1, -0.05) is 12.1 Å². The molecule has 0 amide bonds. The molecule has 3 rings (SSSR count). The van der Waals surface area contributed by atoms with E-state index in [1.165, 1.54) is 0 Å². The third kappa shape index (κ3) is 4.17. The molecule has 2 atom stereocenters. The highest BCUT2D eigenvalue weighted by molar-refractivity contribution is 5.60. The van der Waals surface area contributed by atoms with E-state index in [0.29, 0.717) is 35.4 Å². The largest absolute Gasteiger partial charge is 0.493 e. The minimum Gasteiger partial charge on any atom is -0.493 e. The Labute approximate surface area is 176 Å². The zero-order valence-electron chi connectivity index (χ0n) is 17.9. The summed E-state index contributed by atoms with van der Waals surface area (Å²) in [6.07, 6.45) is 1.68. The summed E-state index contributed by atoms with van der Waals surface area (Å²) < 4.78 is 33.0. The highest BCUT2D eigenvalue weighted by Gasteiger charge is 2.34. The Balaban J connectivity index is 1.95. The van der Waals surface area contributed by atoms with Gasteiger partial charge in [-0.25, -0.2) is 0 Å². The first-order valence-corrected chi connectivity index (χ1v) is 9.55. The van der Waals surface area contributed by atoms with Gasteiger partial charge in [-0.05, 0) is 41.0 Å². The van der Waals surface area contributed by atoms with Crippen molar-refractivity contribution in [2.24, 2.45) is 5.92 Å². The van der Waals surface area contributed by atoms with Crippen molar-refractivity contribution in [3.05, 3.63) is 47.0 Å². The molecule has 0 aromatic heterocycles. The molecule has 1 saturated heterocycles. The summed E-state index contributed by atoms with van der Waals surface area (Å²) in [6, 6.07) is 9.40. The number of benzene rings is 2. The quantitative estimate of drug-likeness (QED) is 0.706. The van der Waals surface area contributed by atoms with Crippen molar-refractivity contribution in [3.63, 3.8) is 0 Å². The summed E-state index contributed by atoms with van der Waals surface area (Å²) in [5.74, 6) is 2.71. The van der Waals surface area contributed by atoms with Gasteiger partial charge >= 0.3 is 0 Å². The summed E-state index contributed by atoms with van der Waals surface area (Å²) in [5, 5.41) is 10.1. The van der Waals surface area contributed by atoms with E-state index in [-0.39, 0.29) is 18.6 Å². The van der Waals surface area contributed by atoms with Crippen LogP contribution in [-0.4, -0.2) is 53.9 Å². The van der Waals surface area contributed by atoms with E-state index in [2.05, 4.69) is 0 Å². The van der Waals surface area contributed by atoms with Gasteiger partial charge in [-0.2, -0.15) is 0 Å². The fraction of sp³-hybridized carbons (Fsp3) is 0.391. The third-order valence-corrected chi connectivity index (χ3v) is 5.24. The van der Waals surface area contributed by atoms with Gasteiger partial charge in [0.25, 0.3) is 0 Å². The van der Waals surface area contributed by atoms with E-state index in [4.69, 9.17) is 28.4 Å². The summed E-state index contributed by atoms with van der Waals surface area (Å²) in [4.78, 5) is 0. The number of ether oxygens (including phenoxy) is 6. The Morgan fingerprint density at radius 2 is 1.50 bits per heavy atom. The molecular weight excluding hydrogens is 388 g/mol. The molecule has 1 N–H and O–H groups in total. The number of hydrogen-bond donors (Lipinski definition) is 1. The molecule has 7 heteroatoms. The second-order valence-corrected chi connectivity index (χ2v) is 6.81. The first kappa shape index (κ1) is 21.8. The smallest absolute Gasteiger partial charge is 0.203 e. The van der Waals surface area contributed by atoms with Gasteiger partial charge in [0, 0.05) is 5.92 Å². The van der Waals surface area contributed by atoms with E-state index in [0.717, 1.165) is 16.7 Å². The van der Waals surface area contributed by atoms with Gasteiger partial charge in [0.15, 0.2) is 23.0 Å². The maximum absolute atomic E-state index is 10.1. The van der Waals surface area contributed by atoms with Gasteiger partial charge in [-0.3, -0.25) is 0 Å². The maximum Gasteiger partial charge on any atom is 0.203 e. The Morgan fingerprint density at radius 1 is 0.867 bits per heavy atom. The van der Waals surface area contributed by atoms with Crippen LogP contribution in [0.25, 0.3) is 6.08 Å². The second kappa shape index (κ2) is 9.73. The van der Waals surface area contributed by atoms with E-state index >= 15 is 0 Å². The molecule has 2 aromatic rings. The average Bonchev–Trinajstić information content (AvgIpc) is 3.20. The zero-order chi connectivity index (χ0) is 21.7. The SMILES string of the molecule is COc1ccc(/C=C2\CO[C@@H](c3cc(OC)c(OC)c(OC)c3)[C@@H]2CO)cc1OC. The van der Waals surface area contributed by atoms with Crippen molar-refractivity contribution in [1.29, 1.82) is 0 Å². The van der Waals surface area contributed by atoms with Crippen LogP contribution in [0.15, 0.2) is 35.9 Å². The summed E-state index contributed by atoms with van der Waals surface area (Å²) in [7, 11) is 7.91. The molecule has 0 bridgehead atoms. The summed E-state index contributed by atoms with van der Waals surface area (Å²) in [5.41, 5.74) is 2.78. The molecular formula is C23H28O7. The predicted octanol–water partition coefficient (Wildman–Crippen LogP) is 3.49. The third-order valence-electron chi connectivity index (χ3n) is 5.24. The standard InChI is InChI=1S/C23H28O7/c1-25-18-7-6-14(9-19(18)26-2)8-16-13-30-22(17(16)12-24)15-10-20(27-3)23(29-5)21(11-15)28-4/h6-11,17,22,24H,12-13H2,1-5H3/b16-8+/t17-,22+/m1/s1. The molecule has 0 radical (unpaired) electrons. The number of aliphatic hydroxyl groups is 1. The fourth-order valence-electron chi connectivity index (χ4n) is 3.72. The fourth-order valence-corrected chi connectivity index (χ4v) is 3.72. The first-order valence-electron chi connectivity index (χ1n) is 9.55. The summed E-state index contributed by atoms with van der Waals surface area (Å²) in [6.45, 7) is 0.349.